The van der Waals surface area contributed by atoms with Crippen molar-refractivity contribution >= 4 is 11.9 Å². The Labute approximate surface area is 98.1 Å². The third kappa shape index (κ3) is 2.28. The van der Waals surface area contributed by atoms with E-state index >= 15 is 0 Å². The molecule has 0 radical (unpaired) electrons. The quantitative estimate of drug-likeness (QED) is 0.661. The number of rotatable bonds is 2. The molecule has 1 amide bonds. The van der Waals surface area contributed by atoms with E-state index in [1.165, 1.54) is 13.3 Å². The molecule has 0 aromatic carbocycles. The Balaban J connectivity index is 2.18. The van der Waals surface area contributed by atoms with Gasteiger partial charge in [0.15, 0.2) is 5.69 Å². The number of nitrogens with zero attached hydrogens (tertiary/aromatic N) is 2. The van der Waals surface area contributed by atoms with E-state index in [0.717, 1.165) is 13.1 Å². The summed E-state index contributed by atoms with van der Waals surface area (Å²) in [6.07, 6.45) is 1.36. The van der Waals surface area contributed by atoms with Gasteiger partial charge in [-0.15, -0.1) is 0 Å². The number of hydrogen-bond donors (Lipinski definition) is 2. The smallest absolute Gasteiger partial charge is 0.356 e. The maximum atomic E-state index is 12.1. The lowest BCUT2D eigenvalue weighted by Crippen LogP contribution is -2.46. The third-order valence-corrected chi connectivity index (χ3v) is 2.66. The van der Waals surface area contributed by atoms with Crippen molar-refractivity contribution in [2.75, 3.05) is 33.3 Å². The van der Waals surface area contributed by atoms with E-state index in [1.54, 1.807) is 4.90 Å². The van der Waals surface area contributed by atoms with Crippen LogP contribution < -0.4 is 5.32 Å². The minimum absolute atomic E-state index is 0.107. The Kier molecular flexibility index (Phi) is 3.38. The van der Waals surface area contributed by atoms with Crippen LogP contribution in [-0.2, 0) is 4.74 Å². The average molecular weight is 238 g/mol. The van der Waals surface area contributed by atoms with Gasteiger partial charge in [-0.3, -0.25) is 9.89 Å². The number of ether oxygens (including phenoxy) is 1. The van der Waals surface area contributed by atoms with Crippen LogP contribution in [0.1, 0.15) is 20.8 Å². The van der Waals surface area contributed by atoms with Crippen molar-refractivity contribution in [2.45, 2.75) is 0 Å². The van der Waals surface area contributed by atoms with Crippen LogP contribution >= 0.6 is 0 Å². The number of methoxy groups -OCH3 is 1. The monoisotopic (exact) mass is 238 g/mol. The van der Waals surface area contributed by atoms with Crippen LogP contribution in [0.2, 0.25) is 0 Å². The molecule has 17 heavy (non-hydrogen) atoms. The molecule has 7 heteroatoms. The van der Waals surface area contributed by atoms with E-state index in [0.29, 0.717) is 13.1 Å². The Morgan fingerprint density at radius 3 is 2.76 bits per heavy atom. The second kappa shape index (κ2) is 4.96. The molecule has 2 heterocycles. The molecule has 0 unspecified atom stereocenters. The number of carbonyl (C=O) groups is 2. The highest BCUT2D eigenvalue weighted by Crippen LogP contribution is 2.10. The SMILES string of the molecule is COC(=O)c1[nH]ncc1C(=O)N1CCNCC1. The summed E-state index contributed by atoms with van der Waals surface area (Å²) in [6.45, 7) is 2.78. The average Bonchev–Trinajstić information content (AvgIpc) is 2.87. The van der Waals surface area contributed by atoms with Gasteiger partial charge in [-0.1, -0.05) is 0 Å². The molecule has 1 aromatic heterocycles. The first-order valence-electron chi connectivity index (χ1n) is 5.35. The highest BCUT2D eigenvalue weighted by atomic mass is 16.5. The summed E-state index contributed by atoms with van der Waals surface area (Å²) in [5.41, 5.74) is 0.370. The van der Waals surface area contributed by atoms with E-state index in [4.69, 9.17) is 0 Å². The van der Waals surface area contributed by atoms with Gasteiger partial charge in [0.25, 0.3) is 5.91 Å². The summed E-state index contributed by atoms with van der Waals surface area (Å²) in [5, 5.41) is 9.36. The van der Waals surface area contributed by atoms with Crippen molar-refractivity contribution in [3.05, 3.63) is 17.5 Å². The second-order valence-electron chi connectivity index (χ2n) is 3.69. The van der Waals surface area contributed by atoms with Crippen LogP contribution in [0.25, 0.3) is 0 Å². The van der Waals surface area contributed by atoms with Crippen molar-refractivity contribution in [3.8, 4) is 0 Å². The van der Waals surface area contributed by atoms with Gasteiger partial charge in [-0.2, -0.15) is 5.10 Å². The maximum absolute atomic E-state index is 12.1. The van der Waals surface area contributed by atoms with Crippen molar-refractivity contribution in [1.29, 1.82) is 0 Å². The first-order valence-corrected chi connectivity index (χ1v) is 5.35. The Morgan fingerprint density at radius 1 is 1.41 bits per heavy atom. The van der Waals surface area contributed by atoms with Crippen LogP contribution in [0.5, 0.6) is 0 Å². The maximum Gasteiger partial charge on any atom is 0.356 e. The van der Waals surface area contributed by atoms with E-state index < -0.39 is 5.97 Å². The molecule has 0 bridgehead atoms. The third-order valence-electron chi connectivity index (χ3n) is 2.66. The number of aromatic nitrogens is 2. The molecule has 0 atom stereocenters. The molecule has 7 nitrogen and oxygen atoms in total. The number of carbonyl (C=O) groups excluding carboxylic acids is 2. The molecule has 1 aliphatic rings. The molecule has 92 valence electrons. The van der Waals surface area contributed by atoms with Gasteiger partial charge in [0.05, 0.1) is 18.9 Å². The number of esters is 1. The number of nitrogens with one attached hydrogen (secondary N) is 2. The fourth-order valence-corrected chi connectivity index (χ4v) is 1.74. The Hall–Kier alpha value is -1.89. The summed E-state index contributed by atoms with van der Waals surface area (Å²) in [6, 6.07) is 0. The summed E-state index contributed by atoms with van der Waals surface area (Å²) >= 11 is 0. The van der Waals surface area contributed by atoms with Gasteiger partial charge in [0, 0.05) is 26.2 Å². The van der Waals surface area contributed by atoms with Gasteiger partial charge in [-0.05, 0) is 0 Å². The number of amides is 1. The zero-order valence-electron chi connectivity index (χ0n) is 9.52. The molecule has 0 saturated carbocycles. The predicted molar refractivity (Wildman–Crippen MR) is 58.7 cm³/mol. The summed E-state index contributed by atoms with van der Waals surface area (Å²) in [7, 11) is 1.27. The lowest BCUT2D eigenvalue weighted by atomic mass is 10.2. The molecule has 0 spiro atoms. The van der Waals surface area contributed by atoms with Crippen molar-refractivity contribution in [2.24, 2.45) is 0 Å². The van der Waals surface area contributed by atoms with Crippen molar-refractivity contribution in [1.82, 2.24) is 20.4 Å². The van der Waals surface area contributed by atoms with Crippen LogP contribution in [0, 0.1) is 0 Å². The zero-order valence-corrected chi connectivity index (χ0v) is 9.52. The molecule has 2 N–H and O–H groups in total. The van der Waals surface area contributed by atoms with Crippen molar-refractivity contribution in [3.63, 3.8) is 0 Å². The first-order chi connectivity index (χ1) is 8.24. The molecular formula is C10H14N4O3. The van der Waals surface area contributed by atoms with Crippen LogP contribution in [-0.4, -0.2) is 60.3 Å². The van der Waals surface area contributed by atoms with E-state index in [1.807, 2.05) is 0 Å². The van der Waals surface area contributed by atoms with Gasteiger partial charge in [0.2, 0.25) is 0 Å². The molecule has 1 aliphatic heterocycles. The standard InChI is InChI=1S/C10H14N4O3/c1-17-10(16)8-7(6-12-13-8)9(15)14-4-2-11-3-5-14/h6,11H,2-5H2,1H3,(H,12,13). The van der Waals surface area contributed by atoms with Gasteiger partial charge in [0.1, 0.15) is 0 Å². The zero-order chi connectivity index (χ0) is 12.3. The predicted octanol–water partition coefficient (Wildman–Crippen LogP) is -0.758. The normalized spacial score (nSPS) is 15.7. The van der Waals surface area contributed by atoms with Crippen LogP contribution in [0.15, 0.2) is 6.20 Å². The number of hydrogen-bond acceptors (Lipinski definition) is 5. The minimum Gasteiger partial charge on any atom is -0.464 e. The molecule has 1 fully saturated rings. The minimum atomic E-state index is -0.582. The number of aromatic amines is 1. The number of H-pyrrole nitrogens is 1. The van der Waals surface area contributed by atoms with Gasteiger partial charge >= 0.3 is 5.97 Å². The van der Waals surface area contributed by atoms with E-state index in [9.17, 15) is 9.59 Å². The molecule has 2 rings (SSSR count). The first kappa shape index (κ1) is 11.6. The lowest BCUT2D eigenvalue weighted by Gasteiger charge is -2.27. The van der Waals surface area contributed by atoms with Crippen molar-refractivity contribution < 1.29 is 14.3 Å². The second-order valence-corrected chi connectivity index (χ2v) is 3.69. The Morgan fingerprint density at radius 2 is 2.12 bits per heavy atom. The topological polar surface area (TPSA) is 87.3 Å². The van der Waals surface area contributed by atoms with Gasteiger partial charge < -0.3 is 15.0 Å². The number of piperazine rings is 1. The summed E-state index contributed by atoms with van der Waals surface area (Å²) in [5.74, 6) is -0.776. The van der Waals surface area contributed by atoms with Gasteiger partial charge in [-0.25, -0.2) is 4.79 Å². The van der Waals surface area contributed by atoms with Crippen LogP contribution in [0.4, 0.5) is 0 Å². The van der Waals surface area contributed by atoms with E-state index in [2.05, 4.69) is 20.3 Å². The molecule has 0 aliphatic carbocycles. The lowest BCUT2D eigenvalue weighted by molar-refractivity contribution is 0.0582. The fourth-order valence-electron chi connectivity index (χ4n) is 1.74. The summed E-state index contributed by atoms with van der Waals surface area (Å²) < 4.78 is 4.58. The van der Waals surface area contributed by atoms with E-state index in [-0.39, 0.29) is 17.2 Å². The molecule has 1 saturated heterocycles. The molecule has 1 aromatic rings. The Bertz CT molecular complexity index is 423. The fraction of sp³-hybridized carbons (Fsp3) is 0.500. The highest BCUT2D eigenvalue weighted by Gasteiger charge is 2.25. The largest absolute Gasteiger partial charge is 0.464 e. The summed E-state index contributed by atoms with van der Waals surface area (Å²) in [4.78, 5) is 25.2. The highest BCUT2D eigenvalue weighted by molar-refractivity contribution is 6.04. The molecular weight excluding hydrogens is 224 g/mol. The van der Waals surface area contributed by atoms with Crippen LogP contribution in [0.3, 0.4) is 0 Å².